The number of carbonyl (C=O) groups excluding carboxylic acids is 1. The Morgan fingerprint density at radius 2 is 2.05 bits per heavy atom. The molecule has 6 heteroatoms. The average molecular weight is 286 g/mol. The van der Waals surface area contributed by atoms with Gasteiger partial charge in [0.25, 0.3) is 0 Å². The van der Waals surface area contributed by atoms with E-state index in [1.807, 2.05) is 30.3 Å². The topological polar surface area (TPSA) is 70.2 Å². The molecule has 1 aromatic carbocycles. The largest absolute Gasteiger partial charge is 0.379 e. The van der Waals surface area contributed by atoms with Gasteiger partial charge in [0, 0.05) is 18.7 Å². The minimum absolute atomic E-state index is 0.0432. The summed E-state index contributed by atoms with van der Waals surface area (Å²) in [4.78, 5) is 14.2. The second kappa shape index (κ2) is 6.51. The van der Waals surface area contributed by atoms with E-state index in [0.717, 1.165) is 24.2 Å². The molecule has 1 aliphatic heterocycles. The molecule has 1 fully saturated rings. The Balaban J connectivity index is 1.65. The molecule has 0 spiro atoms. The number of H-pyrrole nitrogens is 1. The third-order valence-corrected chi connectivity index (χ3v) is 3.46. The van der Waals surface area contributed by atoms with Crippen molar-refractivity contribution in [1.29, 1.82) is 0 Å². The fourth-order valence-corrected chi connectivity index (χ4v) is 2.36. The molecular weight excluding hydrogens is 268 g/mol. The first kappa shape index (κ1) is 13.8. The summed E-state index contributed by atoms with van der Waals surface area (Å²) in [6, 6.07) is 9.86. The summed E-state index contributed by atoms with van der Waals surface area (Å²) in [5.41, 5.74) is 1.92. The Bertz CT molecular complexity index is 591. The molecule has 1 aliphatic rings. The van der Waals surface area contributed by atoms with Crippen LogP contribution in [-0.2, 0) is 9.53 Å². The lowest BCUT2D eigenvalue weighted by Gasteiger charge is -2.25. The van der Waals surface area contributed by atoms with Crippen molar-refractivity contribution in [2.75, 3.05) is 38.2 Å². The first-order valence-corrected chi connectivity index (χ1v) is 7.01. The van der Waals surface area contributed by atoms with Crippen molar-refractivity contribution in [3.8, 4) is 11.1 Å². The molecule has 0 aliphatic carbocycles. The van der Waals surface area contributed by atoms with E-state index in [-0.39, 0.29) is 5.91 Å². The van der Waals surface area contributed by atoms with Gasteiger partial charge in [-0.3, -0.25) is 14.8 Å². The van der Waals surface area contributed by atoms with Gasteiger partial charge >= 0.3 is 0 Å². The molecule has 2 heterocycles. The molecule has 0 unspecified atom stereocenters. The number of ether oxygens (including phenoxy) is 1. The van der Waals surface area contributed by atoms with Crippen LogP contribution in [0.5, 0.6) is 0 Å². The fraction of sp³-hybridized carbons (Fsp3) is 0.333. The van der Waals surface area contributed by atoms with Crippen molar-refractivity contribution in [2.24, 2.45) is 0 Å². The molecule has 0 radical (unpaired) electrons. The first-order valence-electron chi connectivity index (χ1n) is 7.01. The van der Waals surface area contributed by atoms with Gasteiger partial charge in [-0.25, -0.2) is 0 Å². The lowest BCUT2D eigenvalue weighted by molar-refractivity contribution is -0.118. The van der Waals surface area contributed by atoms with Crippen LogP contribution in [0.2, 0.25) is 0 Å². The molecule has 0 bridgehead atoms. The fourth-order valence-electron chi connectivity index (χ4n) is 2.36. The van der Waals surface area contributed by atoms with E-state index in [1.165, 1.54) is 0 Å². The maximum absolute atomic E-state index is 12.1. The monoisotopic (exact) mass is 286 g/mol. The number of carbonyl (C=O) groups is 1. The van der Waals surface area contributed by atoms with Gasteiger partial charge in [-0.05, 0) is 5.56 Å². The number of hydrogen-bond donors (Lipinski definition) is 2. The number of nitrogens with zero attached hydrogens (tertiary/aromatic N) is 2. The Labute approximate surface area is 123 Å². The second-order valence-corrected chi connectivity index (χ2v) is 4.96. The zero-order chi connectivity index (χ0) is 14.5. The molecule has 1 aromatic heterocycles. The van der Waals surface area contributed by atoms with Crippen LogP contribution in [0, 0.1) is 0 Å². The third-order valence-electron chi connectivity index (χ3n) is 3.46. The van der Waals surface area contributed by atoms with E-state index >= 15 is 0 Å². The maximum atomic E-state index is 12.1. The summed E-state index contributed by atoms with van der Waals surface area (Å²) in [7, 11) is 0. The second-order valence-electron chi connectivity index (χ2n) is 4.96. The standard InChI is InChI=1S/C15H18N4O2/c20-14(11-19-6-8-21-9-7-19)17-15-13(10-16-18-15)12-4-2-1-3-5-12/h1-5,10H,6-9,11H2,(H2,16,17,18,20). The van der Waals surface area contributed by atoms with E-state index < -0.39 is 0 Å². The Kier molecular flexibility index (Phi) is 4.28. The Morgan fingerprint density at radius 3 is 2.81 bits per heavy atom. The normalized spacial score (nSPS) is 15.8. The van der Waals surface area contributed by atoms with Crippen LogP contribution in [0.25, 0.3) is 11.1 Å². The summed E-state index contributed by atoms with van der Waals surface area (Å²) in [6.07, 6.45) is 1.72. The Hall–Kier alpha value is -2.18. The number of hydrogen-bond acceptors (Lipinski definition) is 4. The average Bonchev–Trinajstić information content (AvgIpc) is 2.97. The molecule has 3 rings (SSSR count). The number of amides is 1. The van der Waals surface area contributed by atoms with Crippen molar-refractivity contribution >= 4 is 11.7 Å². The van der Waals surface area contributed by atoms with Gasteiger partial charge in [0.15, 0.2) is 0 Å². The molecule has 0 atom stereocenters. The number of morpholine rings is 1. The predicted octanol–water partition coefficient (Wildman–Crippen LogP) is 1.35. The molecule has 6 nitrogen and oxygen atoms in total. The van der Waals surface area contributed by atoms with E-state index in [9.17, 15) is 4.79 Å². The minimum atomic E-state index is -0.0432. The van der Waals surface area contributed by atoms with Crippen molar-refractivity contribution < 1.29 is 9.53 Å². The molecule has 1 saturated heterocycles. The van der Waals surface area contributed by atoms with Gasteiger partial charge in [0.1, 0.15) is 5.82 Å². The summed E-state index contributed by atoms with van der Waals surface area (Å²) < 4.78 is 5.27. The number of anilines is 1. The lowest BCUT2D eigenvalue weighted by atomic mass is 10.1. The highest BCUT2D eigenvalue weighted by Gasteiger charge is 2.16. The van der Waals surface area contributed by atoms with Gasteiger partial charge in [0.05, 0.1) is 26.0 Å². The first-order chi connectivity index (χ1) is 10.3. The molecule has 0 saturated carbocycles. The zero-order valence-electron chi connectivity index (χ0n) is 11.7. The SMILES string of the molecule is O=C(CN1CCOCC1)Nc1[nH]ncc1-c1ccccc1. The summed E-state index contributed by atoms with van der Waals surface area (Å²) in [5, 5.41) is 9.77. The number of aromatic amines is 1. The van der Waals surface area contributed by atoms with Crippen LogP contribution in [0.4, 0.5) is 5.82 Å². The van der Waals surface area contributed by atoms with Crippen molar-refractivity contribution in [3.05, 3.63) is 36.5 Å². The van der Waals surface area contributed by atoms with Crippen molar-refractivity contribution in [3.63, 3.8) is 0 Å². The van der Waals surface area contributed by atoms with Gasteiger partial charge in [-0.1, -0.05) is 30.3 Å². The van der Waals surface area contributed by atoms with Crippen LogP contribution in [-0.4, -0.2) is 53.9 Å². The summed E-state index contributed by atoms with van der Waals surface area (Å²) in [5.74, 6) is 0.595. The van der Waals surface area contributed by atoms with E-state index in [0.29, 0.717) is 25.6 Å². The van der Waals surface area contributed by atoms with Crippen LogP contribution in [0.15, 0.2) is 36.5 Å². The van der Waals surface area contributed by atoms with Crippen molar-refractivity contribution in [1.82, 2.24) is 15.1 Å². The van der Waals surface area contributed by atoms with Crippen LogP contribution in [0.3, 0.4) is 0 Å². The highest BCUT2D eigenvalue weighted by Crippen LogP contribution is 2.25. The smallest absolute Gasteiger partial charge is 0.239 e. The number of nitrogens with one attached hydrogen (secondary N) is 2. The molecular formula is C15H18N4O2. The molecule has 2 aromatic rings. The quantitative estimate of drug-likeness (QED) is 0.890. The van der Waals surface area contributed by atoms with Gasteiger partial charge < -0.3 is 10.1 Å². The van der Waals surface area contributed by atoms with Crippen LogP contribution >= 0.6 is 0 Å². The minimum Gasteiger partial charge on any atom is -0.379 e. The predicted molar refractivity (Wildman–Crippen MR) is 79.9 cm³/mol. The molecule has 21 heavy (non-hydrogen) atoms. The highest BCUT2D eigenvalue weighted by molar-refractivity contribution is 5.95. The van der Waals surface area contributed by atoms with E-state index in [2.05, 4.69) is 20.4 Å². The lowest BCUT2D eigenvalue weighted by Crippen LogP contribution is -2.41. The van der Waals surface area contributed by atoms with Gasteiger partial charge in [-0.2, -0.15) is 5.10 Å². The molecule has 110 valence electrons. The number of aromatic nitrogens is 2. The third kappa shape index (κ3) is 3.48. The molecule has 1 amide bonds. The van der Waals surface area contributed by atoms with Crippen molar-refractivity contribution in [2.45, 2.75) is 0 Å². The van der Waals surface area contributed by atoms with Crippen LogP contribution in [0.1, 0.15) is 0 Å². The van der Waals surface area contributed by atoms with Gasteiger partial charge in [-0.15, -0.1) is 0 Å². The van der Waals surface area contributed by atoms with Gasteiger partial charge in [0.2, 0.25) is 5.91 Å². The zero-order valence-corrected chi connectivity index (χ0v) is 11.7. The summed E-state index contributed by atoms with van der Waals surface area (Å²) in [6.45, 7) is 3.33. The van der Waals surface area contributed by atoms with E-state index in [1.54, 1.807) is 6.20 Å². The van der Waals surface area contributed by atoms with E-state index in [4.69, 9.17) is 4.74 Å². The molecule has 2 N–H and O–H groups in total. The summed E-state index contributed by atoms with van der Waals surface area (Å²) >= 11 is 0. The van der Waals surface area contributed by atoms with Crippen LogP contribution < -0.4 is 5.32 Å². The number of rotatable bonds is 4. The maximum Gasteiger partial charge on any atom is 0.239 e. The Morgan fingerprint density at radius 1 is 1.29 bits per heavy atom. The number of benzene rings is 1. The highest BCUT2D eigenvalue weighted by atomic mass is 16.5.